The van der Waals surface area contributed by atoms with Crippen LogP contribution in [0.2, 0.25) is 0 Å². The quantitative estimate of drug-likeness (QED) is 0.380. The molecule has 0 amide bonds. The van der Waals surface area contributed by atoms with Crippen molar-refractivity contribution >= 4 is 17.7 Å². The molecule has 0 aliphatic rings. The molecule has 0 spiro atoms. The van der Waals surface area contributed by atoms with Crippen LogP contribution in [-0.2, 0) is 22.5 Å². The number of nitrogens with one attached hydrogen (secondary N) is 1. The first-order chi connectivity index (χ1) is 10.6. The molecular formula is C16H19N2O3S+. The van der Waals surface area contributed by atoms with E-state index < -0.39 is 5.97 Å². The molecule has 1 aromatic carbocycles. The third-order valence-electron chi connectivity index (χ3n) is 3.11. The first-order valence-corrected chi connectivity index (χ1v) is 8.25. The van der Waals surface area contributed by atoms with Crippen molar-refractivity contribution in [2.24, 2.45) is 0 Å². The lowest BCUT2D eigenvalue weighted by molar-refractivity contribution is -0.729. The Labute approximate surface area is 133 Å². The molecule has 0 aliphatic carbocycles. The molecule has 1 N–H and O–H groups in total. The van der Waals surface area contributed by atoms with Crippen LogP contribution in [0.25, 0.3) is 0 Å². The fourth-order valence-electron chi connectivity index (χ4n) is 2.11. The van der Waals surface area contributed by atoms with E-state index in [0.717, 1.165) is 10.7 Å². The number of rotatable bonds is 6. The zero-order valence-corrected chi connectivity index (χ0v) is 13.5. The zero-order valence-electron chi connectivity index (χ0n) is 12.7. The Morgan fingerprint density at radius 1 is 1.32 bits per heavy atom. The van der Waals surface area contributed by atoms with Crippen molar-refractivity contribution in [2.45, 2.75) is 25.0 Å². The van der Waals surface area contributed by atoms with Gasteiger partial charge >= 0.3 is 16.7 Å². The molecule has 0 bridgehead atoms. The Morgan fingerprint density at radius 3 is 2.68 bits per heavy atom. The topological polar surface area (TPSA) is 63.0 Å². The van der Waals surface area contributed by atoms with E-state index in [2.05, 4.69) is 4.98 Å². The lowest BCUT2D eigenvalue weighted by Gasteiger charge is -2.06. The van der Waals surface area contributed by atoms with Gasteiger partial charge in [0.1, 0.15) is 12.7 Å². The first-order valence-electron chi connectivity index (χ1n) is 7.03. The Hall–Kier alpha value is -2.08. The summed E-state index contributed by atoms with van der Waals surface area (Å²) in [6.07, 6.45) is 3.61. The number of carbonyl (C=O) groups excluding carboxylic acids is 1. The highest BCUT2D eigenvalue weighted by Gasteiger charge is 2.17. The minimum Gasteiger partial charge on any atom is -0.466 e. The SMILES string of the molecule is CCOC(=O)Cc1c[n+](Cc2ccccc2)c(SC)[nH]c1=O. The van der Waals surface area contributed by atoms with Crippen LogP contribution in [0.3, 0.4) is 0 Å². The van der Waals surface area contributed by atoms with E-state index in [4.69, 9.17) is 4.74 Å². The van der Waals surface area contributed by atoms with Gasteiger partial charge in [-0.3, -0.25) is 4.79 Å². The Bertz CT molecular complexity index is 698. The van der Waals surface area contributed by atoms with E-state index in [9.17, 15) is 9.59 Å². The average molecular weight is 319 g/mol. The molecule has 6 heteroatoms. The molecule has 2 aromatic rings. The van der Waals surface area contributed by atoms with E-state index in [1.807, 2.05) is 41.2 Å². The normalized spacial score (nSPS) is 10.5. The number of H-pyrrole nitrogens is 1. The summed E-state index contributed by atoms with van der Waals surface area (Å²) in [4.78, 5) is 26.5. The molecule has 0 saturated carbocycles. The minimum absolute atomic E-state index is 0.0212. The molecule has 116 valence electrons. The highest BCUT2D eigenvalue weighted by molar-refractivity contribution is 7.98. The Morgan fingerprint density at radius 2 is 2.05 bits per heavy atom. The van der Waals surface area contributed by atoms with Gasteiger partial charge in [0, 0.05) is 0 Å². The van der Waals surface area contributed by atoms with Gasteiger partial charge in [0.25, 0.3) is 0 Å². The van der Waals surface area contributed by atoms with Gasteiger partial charge in [0.15, 0.2) is 0 Å². The van der Waals surface area contributed by atoms with Gasteiger partial charge in [-0.15, -0.1) is 0 Å². The lowest BCUT2D eigenvalue weighted by Crippen LogP contribution is -2.41. The highest BCUT2D eigenvalue weighted by Crippen LogP contribution is 2.06. The Balaban J connectivity index is 2.31. The second-order valence-electron chi connectivity index (χ2n) is 4.71. The van der Waals surface area contributed by atoms with Crippen molar-refractivity contribution in [1.82, 2.24) is 4.98 Å². The van der Waals surface area contributed by atoms with Gasteiger partial charge < -0.3 is 4.74 Å². The highest BCUT2D eigenvalue weighted by atomic mass is 32.2. The maximum Gasteiger partial charge on any atom is 0.339 e. The molecule has 2 rings (SSSR count). The summed E-state index contributed by atoms with van der Waals surface area (Å²) >= 11 is 1.46. The average Bonchev–Trinajstić information content (AvgIpc) is 2.51. The number of esters is 1. The molecule has 22 heavy (non-hydrogen) atoms. The van der Waals surface area contributed by atoms with E-state index >= 15 is 0 Å². The predicted molar refractivity (Wildman–Crippen MR) is 84.9 cm³/mol. The van der Waals surface area contributed by atoms with Crippen molar-refractivity contribution in [1.29, 1.82) is 0 Å². The standard InChI is InChI=1S/C16H18N2O3S/c1-3-21-14(19)9-13-11-18(16(22-2)17-15(13)20)10-12-7-5-4-6-8-12/h4-8,11H,3,9-10H2,1-2H3/p+1. The van der Waals surface area contributed by atoms with Crippen LogP contribution in [0, 0.1) is 0 Å². The largest absolute Gasteiger partial charge is 0.466 e. The first kappa shape index (κ1) is 16.3. The van der Waals surface area contributed by atoms with Crippen LogP contribution < -0.4 is 10.1 Å². The summed E-state index contributed by atoms with van der Waals surface area (Å²) in [5, 5.41) is 0.751. The molecule has 0 saturated heterocycles. The number of hydrogen-bond donors (Lipinski definition) is 1. The van der Waals surface area contributed by atoms with Gasteiger partial charge in [-0.05, 0) is 30.5 Å². The number of carbonyl (C=O) groups is 1. The van der Waals surface area contributed by atoms with Crippen LogP contribution in [0.4, 0.5) is 0 Å². The van der Waals surface area contributed by atoms with Crippen LogP contribution >= 0.6 is 11.8 Å². The molecular weight excluding hydrogens is 300 g/mol. The Kier molecular flexibility index (Phi) is 5.77. The molecule has 5 nitrogen and oxygen atoms in total. The number of aromatic amines is 1. The van der Waals surface area contributed by atoms with Crippen LogP contribution in [0.1, 0.15) is 18.1 Å². The summed E-state index contributed by atoms with van der Waals surface area (Å²) < 4.78 is 6.85. The van der Waals surface area contributed by atoms with E-state index in [-0.39, 0.29) is 12.0 Å². The fraction of sp³-hybridized carbons (Fsp3) is 0.312. The number of ether oxygens (including phenoxy) is 1. The van der Waals surface area contributed by atoms with Gasteiger partial charge in [0.2, 0.25) is 0 Å². The molecule has 0 atom stereocenters. The maximum absolute atomic E-state index is 12.1. The molecule has 0 fully saturated rings. The second kappa shape index (κ2) is 7.79. The van der Waals surface area contributed by atoms with Gasteiger partial charge in [-0.2, -0.15) is 0 Å². The summed E-state index contributed by atoms with van der Waals surface area (Å²) in [6.45, 7) is 2.68. The van der Waals surface area contributed by atoms with E-state index in [0.29, 0.717) is 18.7 Å². The van der Waals surface area contributed by atoms with Crippen LogP contribution in [-0.4, -0.2) is 23.8 Å². The fourth-order valence-corrected chi connectivity index (χ4v) is 2.66. The van der Waals surface area contributed by atoms with Gasteiger partial charge in [0.05, 0.1) is 18.6 Å². The van der Waals surface area contributed by atoms with Gasteiger partial charge in [-0.1, -0.05) is 30.3 Å². The smallest absolute Gasteiger partial charge is 0.339 e. The van der Waals surface area contributed by atoms with Crippen molar-refractivity contribution < 1.29 is 14.1 Å². The van der Waals surface area contributed by atoms with Crippen molar-refractivity contribution in [3.05, 3.63) is 58.0 Å². The number of thioether (sulfide) groups is 1. The number of benzene rings is 1. The monoisotopic (exact) mass is 319 g/mol. The van der Waals surface area contributed by atoms with Crippen molar-refractivity contribution in [3.63, 3.8) is 0 Å². The summed E-state index contributed by atoms with van der Waals surface area (Å²) in [5.74, 6) is -0.392. The van der Waals surface area contributed by atoms with Crippen LogP contribution in [0.15, 0.2) is 46.5 Å². The lowest BCUT2D eigenvalue weighted by atomic mass is 10.2. The molecule has 1 heterocycles. The minimum atomic E-state index is -0.392. The van der Waals surface area contributed by atoms with Crippen molar-refractivity contribution in [2.75, 3.05) is 12.9 Å². The van der Waals surface area contributed by atoms with Crippen molar-refractivity contribution in [3.8, 4) is 0 Å². The number of aromatic nitrogens is 2. The summed E-state index contributed by atoms with van der Waals surface area (Å²) in [6, 6.07) is 9.95. The third kappa shape index (κ3) is 4.21. The van der Waals surface area contributed by atoms with E-state index in [1.165, 1.54) is 11.8 Å². The van der Waals surface area contributed by atoms with Crippen LogP contribution in [0.5, 0.6) is 0 Å². The summed E-state index contributed by atoms with van der Waals surface area (Å²) in [7, 11) is 0. The van der Waals surface area contributed by atoms with Gasteiger partial charge in [-0.25, -0.2) is 14.3 Å². The second-order valence-corrected chi connectivity index (χ2v) is 5.51. The molecule has 0 unspecified atom stereocenters. The predicted octanol–water partition coefficient (Wildman–Crippen LogP) is 1.54. The molecule has 0 aliphatic heterocycles. The zero-order chi connectivity index (χ0) is 15.9. The van der Waals surface area contributed by atoms with E-state index in [1.54, 1.807) is 13.1 Å². The third-order valence-corrected chi connectivity index (χ3v) is 3.84. The maximum atomic E-state index is 12.1. The molecule has 0 radical (unpaired) electrons. The molecule has 1 aromatic heterocycles. The number of nitrogens with zero attached hydrogens (tertiary/aromatic N) is 1. The summed E-state index contributed by atoms with van der Waals surface area (Å²) in [5.41, 5.74) is 1.28. The number of hydrogen-bond acceptors (Lipinski definition) is 4.